The summed E-state index contributed by atoms with van der Waals surface area (Å²) in [6, 6.07) is 6.41. The Labute approximate surface area is 107 Å². The summed E-state index contributed by atoms with van der Waals surface area (Å²) in [5.74, 6) is 1.70. The van der Waals surface area contributed by atoms with Gasteiger partial charge in [0, 0.05) is 0 Å². The summed E-state index contributed by atoms with van der Waals surface area (Å²) in [5, 5.41) is 0. The number of nitrogen functional groups attached to an aromatic ring is 1. The normalized spacial score (nSPS) is 10.6. The zero-order valence-electron chi connectivity index (χ0n) is 11.0. The van der Waals surface area contributed by atoms with Crippen molar-refractivity contribution >= 4 is 6.01 Å². The molecule has 0 aliphatic carbocycles. The Kier molecular flexibility index (Phi) is 3.55. The minimum atomic E-state index is 0.235. The molecule has 2 N–H and O–H groups in total. The number of benzene rings is 1. The van der Waals surface area contributed by atoms with Gasteiger partial charge in [-0.15, -0.1) is 0 Å². The molecular weight excluding hydrogens is 228 g/mol. The molecule has 4 nitrogen and oxygen atoms in total. The quantitative estimate of drug-likeness (QED) is 0.901. The van der Waals surface area contributed by atoms with Gasteiger partial charge in [-0.1, -0.05) is 17.7 Å². The van der Waals surface area contributed by atoms with Crippen molar-refractivity contribution in [3.8, 4) is 5.75 Å². The van der Waals surface area contributed by atoms with Crippen LogP contribution in [0.1, 0.15) is 22.6 Å². The van der Waals surface area contributed by atoms with Crippen molar-refractivity contribution in [1.29, 1.82) is 0 Å². The first-order valence-corrected chi connectivity index (χ1v) is 5.95. The van der Waals surface area contributed by atoms with E-state index in [-0.39, 0.29) is 6.01 Å². The third-order valence-corrected chi connectivity index (χ3v) is 2.98. The molecule has 18 heavy (non-hydrogen) atoms. The van der Waals surface area contributed by atoms with Gasteiger partial charge < -0.3 is 14.9 Å². The van der Waals surface area contributed by atoms with Crippen molar-refractivity contribution in [2.75, 3.05) is 12.8 Å². The van der Waals surface area contributed by atoms with Gasteiger partial charge in [0.2, 0.25) is 0 Å². The third kappa shape index (κ3) is 2.64. The number of nitrogens with two attached hydrogens (primary N) is 1. The Morgan fingerprint density at radius 1 is 1.28 bits per heavy atom. The minimum absolute atomic E-state index is 0.235. The van der Waals surface area contributed by atoms with E-state index in [4.69, 9.17) is 14.9 Å². The lowest BCUT2D eigenvalue weighted by molar-refractivity contribution is 0.409. The van der Waals surface area contributed by atoms with E-state index in [1.807, 2.05) is 19.1 Å². The van der Waals surface area contributed by atoms with Crippen LogP contribution in [0.5, 0.6) is 5.75 Å². The number of hydrogen-bond donors (Lipinski definition) is 1. The van der Waals surface area contributed by atoms with Gasteiger partial charge in [0.25, 0.3) is 6.01 Å². The average molecular weight is 246 g/mol. The van der Waals surface area contributed by atoms with Crippen LogP contribution in [-0.2, 0) is 12.8 Å². The lowest BCUT2D eigenvalue weighted by Gasteiger charge is -2.08. The molecule has 0 unspecified atom stereocenters. The number of anilines is 1. The second kappa shape index (κ2) is 5.12. The van der Waals surface area contributed by atoms with Crippen molar-refractivity contribution in [2.45, 2.75) is 26.7 Å². The van der Waals surface area contributed by atoms with Gasteiger partial charge in [0.15, 0.2) is 0 Å². The highest BCUT2D eigenvalue weighted by atomic mass is 16.5. The van der Waals surface area contributed by atoms with E-state index in [1.165, 1.54) is 11.1 Å². The van der Waals surface area contributed by atoms with Crippen LogP contribution in [0.15, 0.2) is 22.6 Å². The van der Waals surface area contributed by atoms with E-state index in [1.54, 1.807) is 7.11 Å². The zero-order valence-corrected chi connectivity index (χ0v) is 11.0. The summed E-state index contributed by atoms with van der Waals surface area (Å²) in [5.41, 5.74) is 8.84. The highest BCUT2D eigenvalue weighted by Gasteiger charge is 2.09. The van der Waals surface area contributed by atoms with Gasteiger partial charge in [-0.2, -0.15) is 4.98 Å². The molecule has 1 aromatic carbocycles. The molecule has 2 rings (SSSR count). The second-order valence-electron chi connectivity index (χ2n) is 4.37. The molecule has 1 aromatic heterocycles. The van der Waals surface area contributed by atoms with E-state index in [0.29, 0.717) is 0 Å². The summed E-state index contributed by atoms with van der Waals surface area (Å²) < 4.78 is 10.6. The Morgan fingerprint density at radius 2 is 2.06 bits per heavy atom. The van der Waals surface area contributed by atoms with Crippen molar-refractivity contribution in [3.05, 3.63) is 40.8 Å². The maximum atomic E-state index is 5.53. The van der Waals surface area contributed by atoms with Gasteiger partial charge in [-0.3, -0.25) is 0 Å². The predicted octanol–water partition coefficient (Wildman–Crippen LogP) is 2.67. The molecule has 0 fully saturated rings. The van der Waals surface area contributed by atoms with Crippen LogP contribution in [0.4, 0.5) is 6.01 Å². The molecule has 0 saturated carbocycles. The van der Waals surface area contributed by atoms with E-state index < -0.39 is 0 Å². The molecule has 0 amide bonds. The summed E-state index contributed by atoms with van der Waals surface area (Å²) in [6.07, 6.45) is 1.66. The molecule has 0 spiro atoms. The zero-order chi connectivity index (χ0) is 13.1. The number of hydrogen-bond acceptors (Lipinski definition) is 4. The fourth-order valence-corrected chi connectivity index (χ4v) is 2.04. The first kappa shape index (κ1) is 12.5. The van der Waals surface area contributed by atoms with Crippen molar-refractivity contribution in [1.82, 2.24) is 4.98 Å². The number of aryl methyl sites for hydroxylation is 4. The predicted molar refractivity (Wildman–Crippen MR) is 70.8 cm³/mol. The Balaban J connectivity index is 2.14. The molecule has 0 bridgehead atoms. The molecule has 0 radical (unpaired) electrons. The van der Waals surface area contributed by atoms with E-state index in [9.17, 15) is 0 Å². The maximum Gasteiger partial charge on any atom is 0.292 e. The van der Waals surface area contributed by atoms with E-state index in [0.717, 1.165) is 30.0 Å². The van der Waals surface area contributed by atoms with Crippen LogP contribution < -0.4 is 10.5 Å². The largest absolute Gasteiger partial charge is 0.496 e. The topological polar surface area (TPSA) is 61.3 Å². The fraction of sp³-hybridized carbons (Fsp3) is 0.357. The third-order valence-electron chi connectivity index (χ3n) is 2.98. The molecule has 0 aliphatic rings. The molecule has 0 saturated heterocycles. The fourth-order valence-electron chi connectivity index (χ4n) is 2.04. The van der Waals surface area contributed by atoms with Gasteiger partial charge in [-0.25, -0.2) is 0 Å². The number of ether oxygens (including phenoxy) is 1. The van der Waals surface area contributed by atoms with Crippen molar-refractivity contribution in [3.63, 3.8) is 0 Å². The Bertz CT molecular complexity index is 547. The molecule has 2 aromatic rings. The molecule has 0 aliphatic heterocycles. The van der Waals surface area contributed by atoms with Crippen LogP contribution in [0.3, 0.4) is 0 Å². The van der Waals surface area contributed by atoms with E-state index in [2.05, 4.69) is 18.0 Å². The lowest BCUT2D eigenvalue weighted by atomic mass is 10.0. The average Bonchev–Trinajstić information content (AvgIpc) is 2.65. The summed E-state index contributed by atoms with van der Waals surface area (Å²) >= 11 is 0. The van der Waals surface area contributed by atoms with Crippen molar-refractivity contribution < 1.29 is 9.15 Å². The molecule has 1 heterocycles. The molecular formula is C14H18N2O2. The Morgan fingerprint density at radius 3 is 2.67 bits per heavy atom. The minimum Gasteiger partial charge on any atom is -0.496 e. The maximum absolute atomic E-state index is 5.53. The van der Waals surface area contributed by atoms with Crippen LogP contribution in [0.2, 0.25) is 0 Å². The highest BCUT2D eigenvalue weighted by molar-refractivity contribution is 5.37. The number of aromatic nitrogens is 1. The summed E-state index contributed by atoms with van der Waals surface area (Å²) in [4.78, 5) is 4.17. The monoisotopic (exact) mass is 246 g/mol. The lowest BCUT2D eigenvalue weighted by Crippen LogP contribution is -1.98. The number of rotatable bonds is 4. The molecule has 4 heteroatoms. The number of nitrogens with zero attached hydrogens (tertiary/aromatic N) is 1. The first-order valence-electron chi connectivity index (χ1n) is 5.95. The van der Waals surface area contributed by atoms with Gasteiger partial charge in [-0.05, 0) is 38.3 Å². The second-order valence-corrected chi connectivity index (χ2v) is 4.37. The van der Waals surface area contributed by atoms with Crippen molar-refractivity contribution in [2.24, 2.45) is 0 Å². The van der Waals surface area contributed by atoms with Gasteiger partial charge in [0.05, 0.1) is 12.8 Å². The van der Waals surface area contributed by atoms with Crippen LogP contribution >= 0.6 is 0 Å². The number of methoxy groups -OCH3 is 1. The Hall–Kier alpha value is -1.97. The molecule has 0 atom stereocenters. The standard InChI is InChI=1S/C14H18N2O2/c1-9-4-7-13(17-3)11(8-9)5-6-12-10(2)18-14(15)16-12/h4,7-8H,5-6H2,1-3H3,(H2,15,16). The van der Waals surface area contributed by atoms with Crippen LogP contribution in [0.25, 0.3) is 0 Å². The summed E-state index contributed by atoms with van der Waals surface area (Å²) in [6.45, 7) is 3.95. The van der Waals surface area contributed by atoms with Crippen LogP contribution in [-0.4, -0.2) is 12.1 Å². The van der Waals surface area contributed by atoms with Crippen LogP contribution in [0, 0.1) is 13.8 Å². The smallest absolute Gasteiger partial charge is 0.292 e. The van der Waals surface area contributed by atoms with Gasteiger partial charge in [0.1, 0.15) is 11.5 Å². The summed E-state index contributed by atoms with van der Waals surface area (Å²) in [7, 11) is 1.69. The highest BCUT2D eigenvalue weighted by Crippen LogP contribution is 2.22. The molecule has 96 valence electrons. The SMILES string of the molecule is COc1ccc(C)cc1CCc1nc(N)oc1C. The van der Waals surface area contributed by atoms with Gasteiger partial charge >= 0.3 is 0 Å². The number of oxazole rings is 1. The first-order chi connectivity index (χ1) is 8.60. The van der Waals surface area contributed by atoms with E-state index >= 15 is 0 Å².